The van der Waals surface area contributed by atoms with Gasteiger partial charge in [0.25, 0.3) is 5.91 Å². The summed E-state index contributed by atoms with van der Waals surface area (Å²) in [4.78, 5) is 16.1. The Morgan fingerprint density at radius 1 is 1.10 bits per heavy atom. The van der Waals surface area contributed by atoms with Crippen LogP contribution in [-0.2, 0) is 17.8 Å². The van der Waals surface area contributed by atoms with Crippen LogP contribution in [0.1, 0.15) is 24.0 Å². The first-order chi connectivity index (χ1) is 14.1. The van der Waals surface area contributed by atoms with Crippen molar-refractivity contribution in [1.82, 2.24) is 4.90 Å². The normalized spacial score (nSPS) is 17.0. The van der Waals surface area contributed by atoms with Gasteiger partial charge in [0, 0.05) is 37.9 Å². The van der Waals surface area contributed by atoms with Crippen LogP contribution in [0.15, 0.2) is 48.5 Å². The number of alkyl halides is 3. The molecule has 0 atom stereocenters. The van der Waals surface area contributed by atoms with E-state index in [2.05, 4.69) is 0 Å². The molecule has 1 saturated heterocycles. The van der Waals surface area contributed by atoms with Gasteiger partial charge in [-0.3, -0.25) is 9.69 Å². The molecule has 0 saturated carbocycles. The van der Waals surface area contributed by atoms with Crippen molar-refractivity contribution in [2.24, 2.45) is 0 Å². The van der Waals surface area contributed by atoms with Crippen molar-refractivity contribution >= 4 is 11.6 Å². The van der Waals surface area contributed by atoms with E-state index in [4.69, 9.17) is 0 Å². The minimum atomic E-state index is -4.30. The minimum absolute atomic E-state index is 0.104. The number of rotatable bonds is 5. The van der Waals surface area contributed by atoms with Crippen LogP contribution in [0.2, 0.25) is 0 Å². The molecule has 0 bridgehead atoms. The predicted octanol–water partition coefficient (Wildman–Crippen LogP) is 3.92. The van der Waals surface area contributed by atoms with Crippen molar-refractivity contribution < 1.29 is 27.5 Å². The number of carbonyl (C=O) groups is 1. The van der Waals surface area contributed by atoms with E-state index in [1.807, 2.05) is 4.90 Å². The van der Waals surface area contributed by atoms with Crippen LogP contribution in [0.3, 0.4) is 0 Å². The van der Waals surface area contributed by atoms with Crippen molar-refractivity contribution in [2.75, 3.05) is 25.0 Å². The third kappa shape index (κ3) is 5.37. The Labute approximate surface area is 172 Å². The van der Waals surface area contributed by atoms with Crippen LogP contribution in [-0.4, -0.2) is 47.8 Å². The molecule has 0 radical (unpaired) electrons. The maximum atomic E-state index is 13.8. The highest BCUT2D eigenvalue weighted by Gasteiger charge is 2.41. The molecule has 1 heterocycles. The second-order valence-electron chi connectivity index (χ2n) is 7.72. The van der Waals surface area contributed by atoms with Crippen molar-refractivity contribution in [1.29, 1.82) is 0 Å². The zero-order valence-electron chi connectivity index (χ0n) is 16.6. The maximum Gasteiger partial charge on any atom is 0.393 e. The lowest BCUT2D eigenvalue weighted by Gasteiger charge is -2.39. The van der Waals surface area contributed by atoms with Gasteiger partial charge in [0.2, 0.25) is 0 Å². The van der Waals surface area contributed by atoms with Gasteiger partial charge in [-0.2, -0.15) is 13.2 Å². The standard InChI is InChI=1S/C22H24F4N2O2/c1-27(18-8-6-16(7-9-18)14-22(24,25)26)20(29)21(30)10-12-28(13-11-21)15-17-4-2-3-5-19(17)23/h2-9,30H,10-15H2,1H3. The molecule has 2 aromatic rings. The molecule has 0 aliphatic carbocycles. The number of carbonyl (C=O) groups excluding carboxylic acids is 1. The van der Waals surface area contributed by atoms with E-state index in [0.29, 0.717) is 30.9 Å². The molecule has 0 spiro atoms. The fourth-order valence-electron chi connectivity index (χ4n) is 3.66. The molecular formula is C22H24F4N2O2. The van der Waals surface area contributed by atoms with Gasteiger partial charge in [0.15, 0.2) is 0 Å². The molecule has 0 unspecified atom stereocenters. The second kappa shape index (κ2) is 8.73. The number of likely N-dealkylation sites (tertiary alicyclic amines) is 1. The van der Waals surface area contributed by atoms with Crippen molar-refractivity contribution in [2.45, 2.75) is 37.6 Å². The van der Waals surface area contributed by atoms with Gasteiger partial charge in [-0.15, -0.1) is 0 Å². The summed E-state index contributed by atoms with van der Waals surface area (Å²) in [6, 6.07) is 12.0. The Morgan fingerprint density at radius 2 is 1.70 bits per heavy atom. The number of aliphatic hydroxyl groups is 1. The third-order valence-corrected chi connectivity index (χ3v) is 5.47. The van der Waals surface area contributed by atoms with Crippen LogP contribution in [0.25, 0.3) is 0 Å². The summed E-state index contributed by atoms with van der Waals surface area (Å²) in [7, 11) is 1.49. The molecule has 1 amide bonds. The summed E-state index contributed by atoms with van der Waals surface area (Å²) < 4.78 is 51.3. The first kappa shape index (κ1) is 22.2. The third-order valence-electron chi connectivity index (χ3n) is 5.47. The van der Waals surface area contributed by atoms with E-state index in [9.17, 15) is 27.5 Å². The summed E-state index contributed by atoms with van der Waals surface area (Å²) >= 11 is 0. The predicted molar refractivity (Wildman–Crippen MR) is 105 cm³/mol. The van der Waals surface area contributed by atoms with E-state index in [1.54, 1.807) is 18.2 Å². The van der Waals surface area contributed by atoms with Crippen LogP contribution in [0.4, 0.5) is 23.2 Å². The smallest absolute Gasteiger partial charge is 0.380 e. The van der Waals surface area contributed by atoms with Crippen molar-refractivity contribution in [3.63, 3.8) is 0 Å². The van der Waals surface area contributed by atoms with Crippen LogP contribution < -0.4 is 4.90 Å². The number of likely N-dealkylation sites (N-methyl/N-ethyl adjacent to an activating group) is 1. The number of halogens is 4. The number of nitrogens with zero attached hydrogens (tertiary/aromatic N) is 2. The molecule has 3 rings (SSSR count). The number of amides is 1. The minimum Gasteiger partial charge on any atom is -0.380 e. The first-order valence-electron chi connectivity index (χ1n) is 9.69. The molecule has 162 valence electrons. The Bertz CT molecular complexity index is 875. The van der Waals surface area contributed by atoms with Crippen molar-refractivity contribution in [3.05, 3.63) is 65.5 Å². The summed E-state index contributed by atoms with van der Waals surface area (Å²) in [6.07, 6.45) is -4.95. The SMILES string of the molecule is CN(C(=O)C1(O)CCN(Cc2ccccc2F)CC1)c1ccc(CC(F)(F)F)cc1. The molecular weight excluding hydrogens is 400 g/mol. The number of anilines is 1. The van der Waals surface area contributed by atoms with E-state index < -0.39 is 24.1 Å². The van der Waals surface area contributed by atoms with Crippen LogP contribution in [0, 0.1) is 5.82 Å². The Kier molecular flexibility index (Phi) is 6.47. The average Bonchev–Trinajstić information content (AvgIpc) is 2.70. The topological polar surface area (TPSA) is 43.8 Å². The lowest BCUT2D eigenvalue weighted by Crippen LogP contribution is -2.54. The Balaban J connectivity index is 1.60. The highest BCUT2D eigenvalue weighted by atomic mass is 19.4. The summed E-state index contributed by atoms with van der Waals surface area (Å²) in [6.45, 7) is 1.25. The highest BCUT2D eigenvalue weighted by Crippen LogP contribution is 2.28. The van der Waals surface area contributed by atoms with Gasteiger partial charge in [-0.25, -0.2) is 4.39 Å². The van der Waals surface area contributed by atoms with Crippen LogP contribution in [0.5, 0.6) is 0 Å². The zero-order chi connectivity index (χ0) is 21.9. The molecule has 2 aromatic carbocycles. The van der Waals surface area contributed by atoms with Gasteiger partial charge in [-0.05, 0) is 36.6 Å². The zero-order valence-corrected chi connectivity index (χ0v) is 16.6. The second-order valence-corrected chi connectivity index (χ2v) is 7.72. The van der Waals surface area contributed by atoms with Gasteiger partial charge >= 0.3 is 6.18 Å². The van der Waals surface area contributed by atoms with Gasteiger partial charge in [0.05, 0.1) is 6.42 Å². The number of hydrogen-bond donors (Lipinski definition) is 1. The molecule has 1 aliphatic heterocycles. The molecule has 1 N–H and O–H groups in total. The van der Waals surface area contributed by atoms with E-state index in [0.717, 1.165) is 0 Å². The molecule has 1 fully saturated rings. The lowest BCUT2D eigenvalue weighted by atomic mass is 9.89. The number of piperidine rings is 1. The summed E-state index contributed by atoms with van der Waals surface area (Å²) in [5, 5.41) is 10.9. The molecule has 8 heteroatoms. The number of hydrogen-bond acceptors (Lipinski definition) is 3. The molecule has 0 aromatic heterocycles. The fourth-order valence-corrected chi connectivity index (χ4v) is 3.66. The highest BCUT2D eigenvalue weighted by molar-refractivity contribution is 5.99. The molecule has 1 aliphatic rings. The van der Waals surface area contributed by atoms with E-state index >= 15 is 0 Å². The van der Waals surface area contributed by atoms with Gasteiger partial charge < -0.3 is 10.0 Å². The quantitative estimate of drug-likeness (QED) is 0.740. The average molecular weight is 424 g/mol. The number of benzene rings is 2. The largest absolute Gasteiger partial charge is 0.393 e. The van der Waals surface area contributed by atoms with E-state index in [1.165, 1.54) is 42.3 Å². The summed E-state index contributed by atoms with van der Waals surface area (Å²) in [5.74, 6) is -0.792. The molecule has 4 nitrogen and oxygen atoms in total. The van der Waals surface area contributed by atoms with Gasteiger partial charge in [0.1, 0.15) is 11.4 Å². The maximum absolute atomic E-state index is 13.8. The first-order valence-corrected chi connectivity index (χ1v) is 9.69. The summed E-state index contributed by atoms with van der Waals surface area (Å²) in [5.41, 5.74) is -0.490. The van der Waals surface area contributed by atoms with Crippen LogP contribution >= 0.6 is 0 Å². The van der Waals surface area contributed by atoms with E-state index in [-0.39, 0.29) is 24.2 Å². The van der Waals surface area contributed by atoms with Crippen molar-refractivity contribution in [3.8, 4) is 0 Å². The lowest BCUT2D eigenvalue weighted by molar-refractivity contribution is -0.141. The monoisotopic (exact) mass is 424 g/mol. The molecule has 30 heavy (non-hydrogen) atoms. The fraction of sp³-hybridized carbons (Fsp3) is 0.409. The Hall–Kier alpha value is -2.45. The Morgan fingerprint density at radius 3 is 2.27 bits per heavy atom. The van der Waals surface area contributed by atoms with Gasteiger partial charge in [-0.1, -0.05) is 30.3 Å².